The van der Waals surface area contributed by atoms with Gasteiger partial charge in [-0.05, 0) is 23.6 Å². The lowest BCUT2D eigenvalue weighted by Gasteiger charge is -2.22. The van der Waals surface area contributed by atoms with Crippen molar-refractivity contribution in [1.82, 2.24) is 10.2 Å². The van der Waals surface area contributed by atoms with Gasteiger partial charge in [0.2, 0.25) is 0 Å². The summed E-state index contributed by atoms with van der Waals surface area (Å²) in [5.74, 6) is 0.903. The number of rotatable bonds is 3. The highest BCUT2D eigenvalue weighted by Gasteiger charge is 2.20. The fourth-order valence-electron chi connectivity index (χ4n) is 1.88. The van der Waals surface area contributed by atoms with E-state index in [1.165, 1.54) is 11.3 Å². The summed E-state index contributed by atoms with van der Waals surface area (Å²) in [6.45, 7) is 6.93. The Kier molecular flexibility index (Phi) is 3.87. The van der Waals surface area contributed by atoms with Gasteiger partial charge in [0.05, 0.1) is 7.11 Å². The highest BCUT2D eigenvalue weighted by atomic mass is 32.1. The zero-order chi connectivity index (χ0) is 14.0. The second kappa shape index (κ2) is 5.27. The Morgan fingerprint density at radius 2 is 2.00 bits per heavy atom. The quantitative estimate of drug-likeness (QED) is 0.937. The minimum atomic E-state index is 0.0166. The third-order valence-corrected chi connectivity index (χ3v) is 3.89. The number of aromatic nitrogens is 2. The lowest BCUT2D eigenvalue weighted by atomic mass is 9.85. The molecule has 0 aliphatic carbocycles. The standard InChI is InChI=1S/C14H19N3OS/c1-14(2,3)10-7-9(5-6-11(10)18-4)13-17-16-12(8-15)19-13/h5-7H,8,15H2,1-4H3. The molecule has 1 aromatic heterocycles. The van der Waals surface area contributed by atoms with Gasteiger partial charge in [-0.25, -0.2) is 0 Å². The van der Waals surface area contributed by atoms with Gasteiger partial charge in [0.25, 0.3) is 0 Å². The average Bonchev–Trinajstić information content (AvgIpc) is 2.85. The average molecular weight is 277 g/mol. The van der Waals surface area contributed by atoms with E-state index in [0.717, 1.165) is 26.9 Å². The highest BCUT2D eigenvalue weighted by molar-refractivity contribution is 7.14. The number of nitrogens with zero attached hydrogens (tertiary/aromatic N) is 2. The van der Waals surface area contributed by atoms with Crippen molar-refractivity contribution in [3.63, 3.8) is 0 Å². The molecule has 19 heavy (non-hydrogen) atoms. The van der Waals surface area contributed by atoms with Crippen molar-refractivity contribution in [3.05, 3.63) is 28.8 Å². The first-order valence-electron chi connectivity index (χ1n) is 6.17. The van der Waals surface area contributed by atoms with Gasteiger partial charge in [-0.1, -0.05) is 32.1 Å². The summed E-state index contributed by atoms with van der Waals surface area (Å²) in [5, 5.41) is 9.99. The normalized spacial score (nSPS) is 11.6. The predicted molar refractivity (Wildman–Crippen MR) is 78.5 cm³/mol. The molecular formula is C14H19N3OS. The van der Waals surface area contributed by atoms with Crippen LogP contribution < -0.4 is 10.5 Å². The lowest BCUT2D eigenvalue weighted by molar-refractivity contribution is 0.397. The first kappa shape index (κ1) is 14.0. The molecule has 0 radical (unpaired) electrons. The molecule has 0 atom stereocenters. The van der Waals surface area contributed by atoms with Crippen LogP contribution in [0.15, 0.2) is 18.2 Å². The Hall–Kier alpha value is -1.46. The molecule has 4 nitrogen and oxygen atoms in total. The molecule has 0 spiro atoms. The van der Waals surface area contributed by atoms with Crippen LogP contribution in [0.4, 0.5) is 0 Å². The zero-order valence-corrected chi connectivity index (χ0v) is 12.5. The Labute approximate surface area is 117 Å². The minimum Gasteiger partial charge on any atom is -0.496 e. The lowest BCUT2D eigenvalue weighted by Crippen LogP contribution is -2.12. The van der Waals surface area contributed by atoms with E-state index in [2.05, 4.69) is 37.0 Å². The Morgan fingerprint density at radius 3 is 2.53 bits per heavy atom. The topological polar surface area (TPSA) is 61.0 Å². The van der Waals surface area contributed by atoms with Gasteiger partial charge in [-0.2, -0.15) is 0 Å². The van der Waals surface area contributed by atoms with Gasteiger partial charge in [-0.3, -0.25) is 0 Å². The van der Waals surface area contributed by atoms with E-state index in [4.69, 9.17) is 10.5 Å². The minimum absolute atomic E-state index is 0.0166. The van der Waals surface area contributed by atoms with Crippen LogP contribution >= 0.6 is 11.3 Å². The molecule has 102 valence electrons. The molecule has 0 saturated heterocycles. The van der Waals surface area contributed by atoms with Crippen molar-refractivity contribution in [2.75, 3.05) is 7.11 Å². The maximum Gasteiger partial charge on any atom is 0.147 e. The summed E-state index contributed by atoms with van der Waals surface area (Å²) >= 11 is 1.53. The highest BCUT2D eigenvalue weighted by Crippen LogP contribution is 2.35. The fraction of sp³-hybridized carbons (Fsp3) is 0.429. The number of hydrogen-bond donors (Lipinski definition) is 1. The van der Waals surface area contributed by atoms with Crippen LogP contribution in [0.5, 0.6) is 5.75 Å². The third kappa shape index (κ3) is 2.93. The van der Waals surface area contributed by atoms with E-state index in [9.17, 15) is 0 Å². The van der Waals surface area contributed by atoms with Crippen LogP contribution in [-0.4, -0.2) is 17.3 Å². The van der Waals surface area contributed by atoms with Crippen molar-refractivity contribution in [2.45, 2.75) is 32.7 Å². The molecule has 2 rings (SSSR count). The first-order valence-corrected chi connectivity index (χ1v) is 6.98. The molecule has 0 saturated carbocycles. The van der Waals surface area contributed by atoms with E-state index in [1.807, 2.05) is 12.1 Å². The number of hydrogen-bond acceptors (Lipinski definition) is 5. The molecular weight excluding hydrogens is 258 g/mol. The predicted octanol–water partition coefficient (Wildman–Crippen LogP) is 2.97. The summed E-state index contributed by atoms with van der Waals surface area (Å²) in [6, 6.07) is 6.12. The van der Waals surface area contributed by atoms with Crippen LogP contribution in [0.3, 0.4) is 0 Å². The molecule has 5 heteroatoms. The molecule has 0 fully saturated rings. The second-order valence-electron chi connectivity index (χ2n) is 5.37. The van der Waals surface area contributed by atoms with Gasteiger partial charge in [-0.15, -0.1) is 10.2 Å². The van der Waals surface area contributed by atoms with E-state index < -0.39 is 0 Å². The Bertz CT molecular complexity index is 572. The van der Waals surface area contributed by atoms with E-state index >= 15 is 0 Å². The molecule has 1 aromatic carbocycles. The number of ether oxygens (including phenoxy) is 1. The monoisotopic (exact) mass is 277 g/mol. The third-order valence-electron chi connectivity index (χ3n) is 2.90. The van der Waals surface area contributed by atoms with Crippen molar-refractivity contribution in [3.8, 4) is 16.3 Å². The Balaban J connectivity index is 2.48. The summed E-state index contributed by atoms with van der Waals surface area (Å²) in [5.41, 5.74) is 7.81. The van der Waals surface area contributed by atoms with Crippen molar-refractivity contribution >= 4 is 11.3 Å². The van der Waals surface area contributed by atoms with Crippen molar-refractivity contribution in [1.29, 1.82) is 0 Å². The molecule has 1 heterocycles. The van der Waals surface area contributed by atoms with Gasteiger partial charge < -0.3 is 10.5 Å². The SMILES string of the molecule is COc1ccc(-c2nnc(CN)s2)cc1C(C)(C)C. The fourth-order valence-corrected chi connectivity index (χ4v) is 2.59. The largest absolute Gasteiger partial charge is 0.496 e. The maximum atomic E-state index is 5.57. The van der Waals surface area contributed by atoms with E-state index in [-0.39, 0.29) is 5.41 Å². The molecule has 0 aliphatic heterocycles. The molecule has 2 aromatic rings. The smallest absolute Gasteiger partial charge is 0.147 e. The first-order chi connectivity index (χ1) is 8.95. The summed E-state index contributed by atoms with van der Waals surface area (Å²) in [6.07, 6.45) is 0. The summed E-state index contributed by atoms with van der Waals surface area (Å²) in [4.78, 5) is 0. The van der Waals surface area contributed by atoms with Gasteiger partial charge >= 0.3 is 0 Å². The van der Waals surface area contributed by atoms with E-state index in [1.54, 1.807) is 7.11 Å². The van der Waals surface area contributed by atoms with E-state index in [0.29, 0.717) is 6.54 Å². The number of benzene rings is 1. The van der Waals surface area contributed by atoms with Crippen molar-refractivity contribution < 1.29 is 4.74 Å². The van der Waals surface area contributed by atoms with Crippen LogP contribution in [0.25, 0.3) is 10.6 Å². The molecule has 0 unspecified atom stereocenters. The zero-order valence-electron chi connectivity index (χ0n) is 11.7. The van der Waals surface area contributed by atoms with Crippen LogP contribution in [0.1, 0.15) is 31.3 Å². The summed E-state index contributed by atoms with van der Waals surface area (Å²) in [7, 11) is 1.70. The molecule has 0 amide bonds. The van der Waals surface area contributed by atoms with Gasteiger partial charge in [0.1, 0.15) is 15.8 Å². The van der Waals surface area contributed by atoms with Crippen LogP contribution in [0.2, 0.25) is 0 Å². The number of methoxy groups -OCH3 is 1. The second-order valence-corrected chi connectivity index (χ2v) is 6.43. The molecule has 2 N–H and O–H groups in total. The maximum absolute atomic E-state index is 5.57. The molecule has 0 aliphatic rings. The molecule has 0 bridgehead atoms. The van der Waals surface area contributed by atoms with Crippen LogP contribution in [0, 0.1) is 0 Å². The number of nitrogens with two attached hydrogens (primary N) is 1. The Morgan fingerprint density at radius 1 is 1.26 bits per heavy atom. The van der Waals surface area contributed by atoms with Crippen molar-refractivity contribution in [2.24, 2.45) is 5.73 Å². The summed E-state index contributed by atoms with van der Waals surface area (Å²) < 4.78 is 5.44. The van der Waals surface area contributed by atoms with Gasteiger partial charge in [0, 0.05) is 17.7 Å². The van der Waals surface area contributed by atoms with Crippen LogP contribution in [-0.2, 0) is 12.0 Å². The van der Waals surface area contributed by atoms with Gasteiger partial charge in [0.15, 0.2) is 0 Å².